The van der Waals surface area contributed by atoms with Crippen molar-refractivity contribution in [3.05, 3.63) is 54.2 Å². The van der Waals surface area contributed by atoms with Gasteiger partial charge in [0.05, 0.1) is 13.2 Å². The van der Waals surface area contributed by atoms with Crippen LogP contribution in [0.4, 0.5) is 5.82 Å². The molecule has 0 spiro atoms. The van der Waals surface area contributed by atoms with E-state index >= 15 is 0 Å². The lowest BCUT2D eigenvalue weighted by Gasteiger charge is -2.25. The average Bonchev–Trinajstić information content (AvgIpc) is 2.62. The first-order valence-electron chi connectivity index (χ1n) is 7.43. The molecule has 0 unspecified atom stereocenters. The normalized spacial score (nSPS) is 13.6. The third-order valence-corrected chi connectivity index (χ3v) is 3.49. The Balaban J connectivity index is 0.000000185. The van der Waals surface area contributed by atoms with Gasteiger partial charge in [0.1, 0.15) is 5.82 Å². The highest BCUT2D eigenvalue weighted by molar-refractivity contribution is 6.30. The lowest BCUT2D eigenvalue weighted by molar-refractivity contribution is -0.129. The van der Waals surface area contributed by atoms with Crippen molar-refractivity contribution >= 4 is 23.3 Å². The van der Waals surface area contributed by atoms with Crippen molar-refractivity contribution in [2.45, 2.75) is 0 Å². The van der Waals surface area contributed by atoms with Gasteiger partial charge in [-0.05, 0) is 24.3 Å². The number of hydrogen-bond donors (Lipinski definition) is 1. The van der Waals surface area contributed by atoms with E-state index in [0.29, 0.717) is 43.0 Å². The fourth-order valence-corrected chi connectivity index (χ4v) is 2.24. The fourth-order valence-electron chi connectivity index (χ4n) is 2.05. The van der Waals surface area contributed by atoms with Gasteiger partial charge in [0.25, 0.3) is 0 Å². The van der Waals surface area contributed by atoms with Crippen LogP contribution in [-0.2, 0) is 9.53 Å². The number of morpholine rings is 1. The second-order valence-corrected chi connectivity index (χ2v) is 5.39. The molecule has 1 aromatic heterocycles. The summed E-state index contributed by atoms with van der Waals surface area (Å²) >= 11 is 5.85. The Morgan fingerprint density at radius 1 is 1.33 bits per heavy atom. The quantitative estimate of drug-likeness (QED) is 0.844. The number of nitrogens with zero attached hydrogens (tertiary/aromatic N) is 3. The number of carbonyl (C=O) groups excluding carboxylic acids is 1. The van der Waals surface area contributed by atoms with Crippen LogP contribution >= 0.6 is 11.6 Å². The summed E-state index contributed by atoms with van der Waals surface area (Å²) in [4.78, 5) is 20.8. The number of rotatable bonds is 2. The predicted octanol–water partition coefficient (Wildman–Crippen LogP) is 2.41. The Kier molecular flexibility index (Phi) is 6.72. The summed E-state index contributed by atoms with van der Waals surface area (Å²) in [6.07, 6.45) is 2.96. The molecule has 2 N–H and O–H groups in total. The van der Waals surface area contributed by atoms with Crippen molar-refractivity contribution in [3.63, 3.8) is 0 Å². The topological polar surface area (TPSA) is 81.3 Å². The van der Waals surface area contributed by atoms with Crippen LogP contribution < -0.4 is 5.73 Å². The predicted molar refractivity (Wildman–Crippen MR) is 94.5 cm³/mol. The molecule has 1 aliphatic heterocycles. The number of nitrogens with two attached hydrogens (primary N) is 1. The number of hydrogen-bond acceptors (Lipinski definition) is 5. The van der Waals surface area contributed by atoms with E-state index in [9.17, 15) is 4.79 Å². The molecule has 1 aliphatic rings. The molecule has 1 saturated heterocycles. The molecule has 1 aromatic carbocycles. The lowest BCUT2D eigenvalue weighted by Crippen LogP contribution is -2.39. The number of halogens is 1. The minimum absolute atomic E-state index is 0.00306. The standard InChI is InChI=1S/C10H8ClN3.C7H11NO2/c11-8-3-1-2-7(6-8)10-13-5-4-9(12)14-10;1-2-7(9)8-3-5-10-6-4-8/h1-6H,(H2,12,13,14);2H,1,3-6H2. The Labute approximate surface area is 145 Å². The smallest absolute Gasteiger partial charge is 0.246 e. The zero-order valence-corrected chi connectivity index (χ0v) is 13.9. The van der Waals surface area contributed by atoms with E-state index in [-0.39, 0.29) is 5.91 Å². The van der Waals surface area contributed by atoms with Crippen LogP contribution in [-0.4, -0.2) is 47.1 Å². The number of anilines is 1. The van der Waals surface area contributed by atoms with Crippen molar-refractivity contribution in [1.82, 2.24) is 14.9 Å². The molecule has 0 saturated carbocycles. The summed E-state index contributed by atoms with van der Waals surface area (Å²) in [5, 5.41) is 0.661. The molecule has 126 valence electrons. The van der Waals surface area contributed by atoms with E-state index in [1.165, 1.54) is 6.08 Å². The number of amides is 1. The van der Waals surface area contributed by atoms with E-state index < -0.39 is 0 Å². The highest BCUT2D eigenvalue weighted by Crippen LogP contribution is 2.19. The number of nitrogen functional groups attached to an aromatic ring is 1. The Morgan fingerprint density at radius 2 is 2.08 bits per heavy atom. The number of ether oxygens (including phenoxy) is 1. The molecule has 0 radical (unpaired) electrons. The average molecular weight is 347 g/mol. The van der Waals surface area contributed by atoms with Gasteiger partial charge in [0.15, 0.2) is 5.82 Å². The van der Waals surface area contributed by atoms with Gasteiger partial charge < -0.3 is 15.4 Å². The maximum Gasteiger partial charge on any atom is 0.246 e. The van der Waals surface area contributed by atoms with Crippen LogP contribution in [0.15, 0.2) is 49.2 Å². The third-order valence-electron chi connectivity index (χ3n) is 3.26. The van der Waals surface area contributed by atoms with Crippen LogP contribution in [0.3, 0.4) is 0 Å². The summed E-state index contributed by atoms with van der Waals surface area (Å²) in [5.74, 6) is 1.05. The van der Waals surface area contributed by atoms with Crippen molar-refractivity contribution in [2.24, 2.45) is 0 Å². The van der Waals surface area contributed by atoms with Crippen LogP contribution in [0.2, 0.25) is 5.02 Å². The monoisotopic (exact) mass is 346 g/mol. The first-order chi connectivity index (χ1) is 11.6. The Bertz CT molecular complexity index is 659. The summed E-state index contributed by atoms with van der Waals surface area (Å²) < 4.78 is 5.07. The minimum Gasteiger partial charge on any atom is -0.384 e. The molecule has 1 fully saturated rings. The van der Waals surface area contributed by atoms with Gasteiger partial charge in [0, 0.05) is 29.9 Å². The molecule has 0 aliphatic carbocycles. The van der Waals surface area contributed by atoms with Gasteiger partial charge >= 0.3 is 0 Å². The molecule has 2 heterocycles. The van der Waals surface area contributed by atoms with Gasteiger partial charge in [-0.15, -0.1) is 0 Å². The van der Waals surface area contributed by atoms with E-state index in [1.54, 1.807) is 29.3 Å². The molecule has 0 atom stereocenters. The Morgan fingerprint density at radius 3 is 2.71 bits per heavy atom. The Hall–Kier alpha value is -2.44. The zero-order chi connectivity index (χ0) is 17.4. The van der Waals surface area contributed by atoms with E-state index in [1.807, 2.05) is 12.1 Å². The zero-order valence-electron chi connectivity index (χ0n) is 13.2. The maximum atomic E-state index is 10.9. The van der Waals surface area contributed by atoms with Crippen molar-refractivity contribution in [2.75, 3.05) is 32.0 Å². The van der Waals surface area contributed by atoms with Crippen molar-refractivity contribution < 1.29 is 9.53 Å². The van der Waals surface area contributed by atoms with Gasteiger partial charge in [-0.1, -0.05) is 30.3 Å². The molecule has 7 heteroatoms. The highest BCUT2D eigenvalue weighted by atomic mass is 35.5. The van der Waals surface area contributed by atoms with Crippen molar-refractivity contribution in [3.8, 4) is 11.4 Å². The molecule has 24 heavy (non-hydrogen) atoms. The maximum absolute atomic E-state index is 10.9. The summed E-state index contributed by atoms with van der Waals surface area (Å²) in [6, 6.07) is 8.99. The lowest BCUT2D eigenvalue weighted by atomic mass is 10.2. The second-order valence-electron chi connectivity index (χ2n) is 4.96. The largest absolute Gasteiger partial charge is 0.384 e. The minimum atomic E-state index is 0.00306. The van der Waals surface area contributed by atoms with E-state index in [0.717, 1.165) is 5.56 Å². The summed E-state index contributed by atoms with van der Waals surface area (Å²) in [5.41, 5.74) is 6.42. The molecule has 1 amide bonds. The summed E-state index contributed by atoms with van der Waals surface area (Å²) in [6.45, 7) is 6.11. The number of benzene rings is 1. The van der Waals surface area contributed by atoms with Crippen LogP contribution in [0, 0.1) is 0 Å². The van der Waals surface area contributed by atoms with Gasteiger partial charge in [0.2, 0.25) is 5.91 Å². The molecule has 0 bridgehead atoms. The molecular weight excluding hydrogens is 328 g/mol. The second kappa shape index (κ2) is 9.00. The third kappa shape index (κ3) is 5.33. The first kappa shape index (κ1) is 17.9. The van der Waals surface area contributed by atoms with Crippen LogP contribution in [0.5, 0.6) is 0 Å². The number of carbonyl (C=O) groups is 1. The van der Waals surface area contributed by atoms with E-state index in [4.69, 9.17) is 22.1 Å². The van der Waals surface area contributed by atoms with Crippen LogP contribution in [0.25, 0.3) is 11.4 Å². The van der Waals surface area contributed by atoms with Crippen LogP contribution in [0.1, 0.15) is 0 Å². The molecule has 2 aromatic rings. The van der Waals surface area contributed by atoms with Gasteiger partial charge in [-0.3, -0.25) is 4.79 Å². The number of aromatic nitrogens is 2. The highest BCUT2D eigenvalue weighted by Gasteiger charge is 2.12. The van der Waals surface area contributed by atoms with E-state index in [2.05, 4.69) is 16.5 Å². The summed E-state index contributed by atoms with van der Waals surface area (Å²) in [7, 11) is 0. The molecule has 6 nitrogen and oxygen atoms in total. The van der Waals surface area contributed by atoms with Gasteiger partial charge in [-0.2, -0.15) is 0 Å². The SMILES string of the molecule is C=CC(=O)N1CCOCC1.Nc1ccnc(-c2cccc(Cl)c2)n1. The van der Waals surface area contributed by atoms with Gasteiger partial charge in [-0.25, -0.2) is 9.97 Å². The van der Waals surface area contributed by atoms with Crippen molar-refractivity contribution in [1.29, 1.82) is 0 Å². The molecule has 3 rings (SSSR count). The first-order valence-corrected chi connectivity index (χ1v) is 7.81. The fraction of sp³-hybridized carbons (Fsp3) is 0.235. The molecular formula is C17H19ClN4O2.